The van der Waals surface area contributed by atoms with E-state index in [1.807, 2.05) is 74.0 Å². The SMILES string of the molecule is C[Si](C)(C)c1ccc(-c2c[c-]c(-c3ccccn3)cc2)cc1.C[Si](C)(C)c1cccc(-c2c[c-]c(-c3ccccn3)cc2)c1.Cc1ccc(-c2[c-]cc(-c3ccc([Si](C)(C)C)cc3)cc2)nc1.[Ir].[Ir].[Ir]. The molecule has 3 nitrogen and oxygen atoms in total. The summed E-state index contributed by atoms with van der Waals surface area (Å²) in [6.07, 6.45) is 5.52. The van der Waals surface area contributed by atoms with Gasteiger partial charge in [0.05, 0.1) is 24.2 Å². The number of hydrogen-bond acceptors (Lipinski definition) is 3. The van der Waals surface area contributed by atoms with Crippen LogP contribution in [0.2, 0.25) is 58.9 Å². The molecule has 0 N–H and O–H groups in total. The quantitative estimate of drug-likeness (QED) is 0.107. The largest absolute Gasteiger partial charge is 0.305 e. The van der Waals surface area contributed by atoms with Gasteiger partial charge in [-0.3, -0.25) is 0 Å². The summed E-state index contributed by atoms with van der Waals surface area (Å²) >= 11 is 0. The molecule has 9 heteroatoms. The molecule has 3 heterocycles. The molecule has 9 rings (SSSR count). The molecule has 0 unspecified atom stereocenters. The minimum absolute atomic E-state index is 0. The third-order valence-electron chi connectivity index (χ3n) is 11.7. The van der Waals surface area contributed by atoms with Crippen LogP contribution in [-0.2, 0) is 60.3 Å². The Balaban J connectivity index is 0.000000224. The summed E-state index contributed by atoms with van der Waals surface area (Å²) in [7, 11) is -3.74. The van der Waals surface area contributed by atoms with Crippen molar-refractivity contribution in [3.8, 4) is 67.2 Å². The van der Waals surface area contributed by atoms with Gasteiger partial charge in [-0.25, -0.2) is 0 Å². The maximum Gasteiger partial charge on any atom is 0.0775 e. The number of aryl methyl sites for hydroxylation is 1. The van der Waals surface area contributed by atoms with Gasteiger partial charge in [0, 0.05) is 78.9 Å². The smallest absolute Gasteiger partial charge is 0.0775 e. The van der Waals surface area contributed by atoms with Crippen molar-refractivity contribution >= 4 is 39.8 Å². The minimum atomic E-state index is -1.28. The Morgan fingerprint density at radius 2 is 0.714 bits per heavy atom. The second-order valence-corrected chi connectivity index (χ2v) is 35.3. The predicted molar refractivity (Wildman–Crippen MR) is 296 cm³/mol. The van der Waals surface area contributed by atoms with Crippen LogP contribution in [0.4, 0.5) is 0 Å². The van der Waals surface area contributed by atoms with Gasteiger partial charge in [-0.2, -0.15) is 0 Å². The van der Waals surface area contributed by atoms with E-state index in [0.29, 0.717) is 0 Å². The predicted octanol–water partition coefficient (Wildman–Crippen LogP) is 14.6. The molecule has 3 aromatic heterocycles. The van der Waals surface area contributed by atoms with Crippen LogP contribution < -0.4 is 15.6 Å². The second-order valence-electron chi connectivity index (χ2n) is 20.1. The summed E-state index contributed by atoms with van der Waals surface area (Å²) in [6, 6.07) is 71.9. The van der Waals surface area contributed by atoms with E-state index < -0.39 is 24.2 Å². The number of hydrogen-bond donors (Lipinski definition) is 0. The Morgan fingerprint density at radius 1 is 0.329 bits per heavy atom. The van der Waals surface area contributed by atoms with E-state index in [2.05, 4.69) is 219 Å². The van der Waals surface area contributed by atoms with Gasteiger partial charge in [0.2, 0.25) is 0 Å². The summed E-state index contributed by atoms with van der Waals surface area (Å²) in [5.41, 5.74) is 14.5. The van der Waals surface area contributed by atoms with Gasteiger partial charge in [0.15, 0.2) is 0 Å². The van der Waals surface area contributed by atoms with Crippen LogP contribution in [0.5, 0.6) is 0 Å². The molecule has 0 spiro atoms. The zero-order chi connectivity index (χ0) is 47.6. The molecular weight excluding hydrogens is 1440 g/mol. The van der Waals surface area contributed by atoms with E-state index in [0.717, 1.165) is 33.8 Å². The summed E-state index contributed by atoms with van der Waals surface area (Å²) < 4.78 is 0. The van der Waals surface area contributed by atoms with Gasteiger partial charge in [0.25, 0.3) is 0 Å². The summed E-state index contributed by atoms with van der Waals surface area (Å²) in [5.74, 6) is 0. The molecule has 0 saturated carbocycles. The molecule has 0 aliphatic carbocycles. The van der Waals surface area contributed by atoms with E-state index in [-0.39, 0.29) is 60.3 Å². The molecule has 0 amide bonds. The molecule has 6 aromatic carbocycles. The zero-order valence-electron chi connectivity index (χ0n) is 41.8. The van der Waals surface area contributed by atoms with Crippen LogP contribution in [0.15, 0.2) is 195 Å². The van der Waals surface area contributed by atoms with Crippen molar-refractivity contribution in [2.45, 2.75) is 65.8 Å². The topological polar surface area (TPSA) is 38.7 Å². The third-order valence-corrected chi connectivity index (χ3v) is 17.9. The molecular formula is C61H62Ir3N3Si3-3. The number of aromatic nitrogens is 3. The van der Waals surface area contributed by atoms with E-state index in [4.69, 9.17) is 0 Å². The molecule has 0 saturated heterocycles. The Labute approximate surface area is 462 Å². The fourth-order valence-electron chi connectivity index (χ4n) is 7.45. The molecule has 0 atom stereocenters. The van der Waals surface area contributed by atoms with Crippen molar-refractivity contribution in [2.24, 2.45) is 0 Å². The maximum absolute atomic E-state index is 4.46. The fourth-order valence-corrected chi connectivity index (χ4v) is 11.0. The van der Waals surface area contributed by atoms with E-state index in [1.165, 1.54) is 54.5 Å². The first kappa shape index (κ1) is 57.9. The van der Waals surface area contributed by atoms with E-state index >= 15 is 0 Å². The average Bonchev–Trinajstić information content (AvgIpc) is 3.35. The van der Waals surface area contributed by atoms with Crippen LogP contribution in [0.1, 0.15) is 5.56 Å². The average molecular weight is 1500 g/mol. The van der Waals surface area contributed by atoms with Crippen molar-refractivity contribution in [1.29, 1.82) is 0 Å². The van der Waals surface area contributed by atoms with E-state index in [1.54, 1.807) is 0 Å². The molecule has 0 fully saturated rings. The van der Waals surface area contributed by atoms with Crippen molar-refractivity contribution in [2.75, 3.05) is 0 Å². The second kappa shape index (κ2) is 26.2. The van der Waals surface area contributed by atoms with Crippen LogP contribution >= 0.6 is 0 Å². The number of pyridine rings is 3. The number of rotatable bonds is 9. The molecule has 0 aliphatic heterocycles. The van der Waals surface area contributed by atoms with Gasteiger partial charge < -0.3 is 15.0 Å². The summed E-state index contributed by atoms with van der Waals surface area (Å²) in [6.45, 7) is 23.4. The normalized spacial score (nSPS) is 10.9. The van der Waals surface area contributed by atoms with Crippen molar-refractivity contribution in [3.05, 3.63) is 218 Å². The standard InChI is InChI=1S/C21H22NSi.2C20H20NSi.3Ir/c1-16-5-14-21(22-15-16)19-8-6-17(7-9-19)18-10-12-20(13-11-18)23(2,3)4;1-22(2,3)19-8-6-7-18(15-19)16-10-12-17(13-11-16)20-9-4-5-14-21-20;1-22(2,3)19-13-11-17(12-14-19)16-7-9-18(10-8-16)20-6-4-5-15-21-20;;;/h5-8,10-15H,1-4H3;4-12,14-15H,1-3H3;4-9,11-15H,1-3H3;;;/q3*-1;;;. The summed E-state index contributed by atoms with van der Waals surface area (Å²) in [5, 5.41) is 4.47. The number of nitrogens with zero attached hydrogens (tertiary/aromatic N) is 3. The first-order valence-corrected chi connectivity index (χ1v) is 33.7. The maximum atomic E-state index is 4.46. The Kier molecular flexibility index (Phi) is 21.7. The van der Waals surface area contributed by atoms with Crippen LogP contribution in [0.25, 0.3) is 67.2 Å². The van der Waals surface area contributed by atoms with E-state index in [9.17, 15) is 0 Å². The van der Waals surface area contributed by atoms with Crippen molar-refractivity contribution in [1.82, 2.24) is 15.0 Å². The molecule has 0 bridgehead atoms. The van der Waals surface area contributed by atoms with Crippen LogP contribution in [0.3, 0.4) is 0 Å². The molecule has 363 valence electrons. The Hall–Kier alpha value is -4.63. The summed E-state index contributed by atoms with van der Waals surface area (Å²) in [4.78, 5) is 13.2. The molecule has 0 aliphatic rings. The van der Waals surface area contributed by atoms with Crippen molar-refractivity contribution < 1.29 is 60.3 Å². The van der Waals surface area contributed by atoms with Gasteiger partial charge in [-0.1, -0.05) is 217 Å². The van der Waals surface area contributed by atoms with Gasteiger partial charge in [-0.05, 0) is 41.7 Å². The van der Waals surface area contributed by atoms with Crippen LogP contribution in [-0.4, -0.2) is 39.2 Å². The zero-order valence-corrected chi connectivity index (χ0v) is 52.0. The van der Waals surface area contributed by atoms with Crippen molar-refractivity contribution in [3.63, 3.8) is 0 Å². The first-order valence-electron chi connectivity index (χ1n) is 23.2. The molecule has 3 radical (unpaired) electrons. The molecule has 9 aromatic rings. The Bertz CT molecular complexity index is 2950. The fraction of sp³-hybridized carbons (Fsp3) is 0.164. The monoisotopic (exact) mass is 1500 g/mol. The van der Waals surface area contributed by atoms with Crippen LogP contribution in [0, 0.1) is 25.1 Å². The molecule has 70 heavy (non-hydrogen) atoms. The third kappa shape index (κ3) is 16.2. The van der Waals surface area contributed by atoms with Gasteiger partial charge in [0.1, 0.15) is 0 Å². The first-order chi connectivity index (χ1) is 32.0. The van der Waals surface area contributed by atoms with Gasteiger partial charge in [-0.15, -0.1) is 89.5 Å². The van der Waals surface area contributed by atoms with Gasteiger partial charge >= 0.3 is 0 Å². The Morgan fingerprint density at radius 3 is 1.04 bits per heavy atom. The number of benzene rings is 6. The minimum Gasteiger partial charge on any atom is -0.305 e.